The molecule has 2 aliphatic heterocycles. The second kappa shape index (κ2) is 6.89. The predicted molar refractivity (Wildman–Crippen MR) is 84.3 cm³/mol. The molecule has 0 radical (unpaired) electrons. The highest BCUT2D eigenvalue weighted by atomic mass is 16.6. The summed E-state index contributed by atoms with van der Waals surface area (Å²) in [5.41, 5.74) is 6.38. The van der Waals surface area contributed by atoms with Crippen LogP contribution < -0.4 is 15.2 Å². The molecule has 0 saturated carbocycles. The van der Waals surface area contributed by atoms with E-state index in [2.05, 4.69) is 0 Å². The van der Waals surface area contributed by atoms with Gasteiger partial charge >= 0.3 is 0 Å². The lowest BCUT2D eigenvalue weighted by Gasteiger charge is -2.30. The summed E-state index contributed by atoms with van der Waals surface area (Å²) in [5, 5.41) is 0. The molecule has 1 aromatic carbocycles. The van der Waals surface area contributed by atoms with Gasteiger partial charge < -0.3 is 20.1 Å². The number of hydrogen-bond donors (Lipinski definition) is 1. The lowest BCUT2D eigenvalue weighted by Crippen LogP contribution is -2.41. The van der Waals surface area contributed by atoms with Gasteiger partial charge in [-0.15, -0.1) is 0 Å². The molecule has 0 atom stereocenters. The van der Waals surface area contributed by atoms with Gasteiger partial charge in [0.05, 0.1) is 0 Å². The Morgan fingerprint density at radius 1 is 1.13 bits per heavy atom. The topological polar surface area (TPSA) is 81.9 Å². The van der Waals surface area contributed by atoms with Crippen LogP contribution in [0.15, 0.2) is 18.2 Å². The number of hydrogen-bond acceptors (Lipinski definition) is 4. The standard InChI is InChI=1S/C17H22N2O4/c18-17(21)13-5-7-19(8-6-13)16(20)4-2-12-1-3-14-15(11-12)23-10-9-22-14/h1,3,11,13H,2,4-10H2,(H2,18,21). The number of nitrogens with zero attached hydrogens (tertiary/aromatic N) is 1. The SMILES string of the molecule is NC(=O)C1CCN(C(=O)CCc2ccc3c(c2)OCCO3)CC1. The third kappa shape index (κ3) is 3.75. The van der Waals surface area contributed by atoms with Gasteiger partial charge in [0, 0.05) is 25.4 Å². The zero-order valence-corrected chi connectivity index (χ0v) is 13.1. The van der Waals surface area contributed by atoms with Crippen LogP contribution in [0, 0.1) is 5.92 Å². The van der Waals surface area contributed by atoms with Crippen LogP contribution in [0.3, 0.4) is 0 Å². The second-order valence-corrected chi connectivity index (χ2v) is 6.04. The minimum absolute atomic E-state index is 0.0863. The monoisotopic (exact) mass is 318 g/mol. The van der Waals surface area contributed by atoms with E-state index in [4.69, 9.17) is 15.2 Å². The summed E-state index contributed by atoms with van der Waals surface area (Å²) in [6.45, 7) is 2.37. The predicted octanol–water partition coefficient (Wildman–Crippen LogP) is 1.11. The van der Waals surface area contributed by atoms with E-state index in [-0.39, 0.29) is 17.7 Å². The van der Waals surface area contributed by atoms with Gasteiger partial charge in [0.25, 0.3) is 0 Å². The molecule has 2 heterocycles. The highest BCUT2D eigenvalue weighted by Crippen LogP contribution is 2.31. The Labute approximate surface area is 135 Å². The van der Waals surface area contributed by atoms with Crippen LogP contribution in [0.1, 0.15) is 24.8 Å². The van der Waals surface area contributed by atoms with Gasteiger partial charge in [-0.3, -0.25) is 9.59 Å². The van der Waals surface area contributed by atoms with Crippen LogP contribution in [0.2, 0.25) is 0 Å². The average molecular weight is 318 g/mol. The number of benzene rings is 1. The van der Waals surface area contributed by atoms with Crippen molar-refractivity contribution < 1.29 is 19.1 Å². The van der Waals surface area contributed by atoms with Crippen molar-refractivity contribution >= 4 is 11.8 Å². The number of ether oxygens (including phenoxy) is 2. The second-order valence-electron chi connectivity index (χ2n) is 6.04. The van der Waals surface area contributed by atoms with Gasteiger partial charge in [-0.2, -0.15) is 0 Å². The van der Waals surface area contributed by atoms with Gasteiger partial charge in [0.2, 0.25) is 11.8 Å². The Bertz CT molecular complexity index is 594. The number of aryl methyl sites for hydroxylation is 1. The van der Waals surface area contributed by atoms with Crippen molar-refractivity contribution in [1.82, 2.24) is 4.90 Å². The third-order valence-electron chi connectivity index (χ3n) is 4.48. The van der Waals surface area contributed by atoms with E-state index in [0.717, 1.165) is 17.1 Å². The number of fused-ring (bicyclic) bond motifs is 1. The fraction of sp³-hybridized carbons (Fsp3) is 0.529. The van der Waals surface area contributed by atoms with Crippen LogP contribution in [0.4, 0.5) is 0 Å². The molecule has 6 heteroatoms. The molecule has 0 aromatic heterocycles. The van der Waals surface area contributed by atoms with Crippen molar-refractivity contribution in [2.75, 3.05) is 26.3 Å². The summed E-state index contributed by atoms with van der Waals surface area (Å²) in [7, 11) is 0. The first kappa shape index (κ1) is 15.6. The van der Waals surface area contributed by atoms with E-state index in [1.165, 1.54) is 0 Å². The Hall–Kier alpha value is -2.24. The van der Waals surface area contributed by atoms with Gasteiger partial charge in [-0.1, -0.05) is 6.07 Å². The number of piperidine rings is 1. The van der Waals surface area contributed by atoms with Gasteiger partial charge in [0.15, 0.2) is 11.5 Å². The molecule has 3 rings (SSSR count). The first-order valence-electron chi connectivity index (χ1n) is 8.09. The molecular weight excluding hydrogens is 296 g/mol. The minimum atomic E-state index is -0.256. The molecule has 6 nitrogen and oxygen atoms in total. The van der Waals surface area contributed by atoms with Crippen molar-refractivity contribution in [3.8, 4) is 11.5 Å². The average Bonchev–Trinajstić information content (AvgIpc) is 2.59. The Morgan fingerprint density at radius 3 is 2.52 bits per heavy atom. The van der Waals surface area contributed by atoms with E-state index in [9.17, 15) is 9.59 Å². The third-order valence-corrected chi connectivity index (χ3v) is 4.48. The molecule has 124 valence electrons. The molecule has 23 heavy (non-hydrogen) atoms. The van der Waals surface area contributed by atoms with Crippen molar-refractivity contribution in [2.45, 2.75) is 25.7 Å². The highest BCUT2D eigenvalue weighted by Gasteiger charge is 2.25. The van der Waals surface area contributed by atoms with Gasteiger partial charge in [-0.05, 0) is 37.0 Å². The Kier molecular flexibility index (Phi) is 4.69. The van der Waals surface area contributed by atoms with Crippen LogP contribution >= 0.6 is 0 Å². The molecule has 1 fully saturated rings. The normalized spacial score (nSPS) is 17.8. The summed E-state index contributed by atoms with van der Waals surface area (Å²) in [6, 6.07) is 5.81. The summed E-state index contributed by atoms with van der Waals surface area (Å²) in [4.78, 5) is 25.3. The van der Waals surface area contributed by atoms with E-state index in [1.54, 1.807) is 0 Å². The highest BCUT2D eigenvalue weighted by molar-refractivity contribution is 5.79. The zero-order valence-electron chi connectivity index (χ0n) is 13.1. The quantitative estimate of drug-likeness (QED) is 0.902. The maximum absolute atomic E-state index is 12.3. The van der Waals surface area contributed by atoms with Crippen LogP contribution in [-0.2, 0) is 16.0 Å². The number of nitrogens with two attached hydrogens (primary N) is 1. The van der Waals surface area contributed by atoms with Crippen molar-refractivity contribution in [3.63, 3.8) is 0 Å². The number of carbonyl (C=O) groups excluding carboxylic acids is 2. The van der Waals surface area contributed by atoms with E-state index < -0.39 is 0 Å². The zero-order chi connectivity index (χ0) is 16.2. The lowest BCUT2D eigenvalue weighted by molar-refractivity contribution is -0.134. The van der Waals surface area contributed by atoms with E-state index in [0.29, 0.717) is 52.0 Å². The van der Waals surface area contributed by atoms with Crippen LogP contribution in [-0.4, -0.2) is 43.0 Å². The number of primary amides is 1. The molecule has 1 aromatic rings. The fourth-order valence-electron chi connectivity index (χ4n) is 3.07. The number of likely N-dealkylation sites (tertiary alicyclic amines) is 1. The lowest BCUT2D eigenvalue weighted by atomic mass is 9.96. The Morgan fingerprint density at radius 2 is 1.83 bits per heavy atom. The molecule has 0 aliphatic carbocycles. The summed E-state index contributed by atoms with van der Waals surface area (Å²) in [6.07, 6.45) is 2.47. The molecular formula is C17H22N2O4. The Balaban J connectivity index is 1.50. The van der Waals surface area contributed by atoms with Crippen molar-refractivity contribution in [2.24, 2.45) is 11.7 Å². The largest absolute Gasteiger partial charge is 0.486 e. The summed E-state index contributed by atoms with van der Waals surface area (Å²) in [5.74, 6) is 1.30. The number of amides is 2. The molecule has 2 aliphatic rings. The number of rotatable bonds is 4. The summed E-state index contributed by atoms with van der Waals surface area (Å²) >= 11 is 0. The van der Waals surface area contributed by atoms with Crippen molar-refractivity contribution in [3.05, 3.63) is 23.8 Å². The molecule has 1 saturated heterocycles. The first-order valence-corrected chi connectivity index (χ1v) is 8.09. The van der Waals surface area contributed by atoms with Crippen LogP contribution in [0.5, 0.6) is 11.5 Å². The molecule has 2 amide bonds. The van der Waals surface area contributed by atoms with E-state index in [1.807, 2.05) is 23.1 Å². The first-order chi connectivity index (χ1) is 11.1. The number of carbonyl (C=O) groups is 2. The van der Waals surface area contributed by atoms with Crippen molar-refractivity contribution in [1.29, 1.82) is 0 Å². The smallest absolute Gasteiger partial charge is 0.222 e. The van der Waals surface area contributed by atoms with E-state index >= 15 is 0 Å². The summed E-state index contributed by atoms with van der Waals surface area (Å²) < 4.78 is 11.0. The van der Waals surface area contributed by atoms with Gasteiger partial charge in [0.1, 0.15) is 13.2 Å². The van der Waals surface area contributed by atoms with Gasteiger partial charge in [-0.25, -0.2) is 0 Å². The molecule has 0 unspecified atom stereocenters. The molecule has 0 spiro atoms. The maximum atomic E-state index is 12.3. The van der Waals surface area contributed by atoms with Crippen LogP contribution in [0.25, 0.3) is 0 Å². The molecule has 0 bridgehead atoms. The molecule has 2 N–H and O–H groups in total. The maximum Gasteiger partial charge on any atom is 0.222 e. The minimum Gasteiger partial charge on any atom is -0.486 e. The fourth-order valence-corrected chi connectivity index (χ4v) is 3.07.